The molecule has 112 valence electrons. The summed E-state index contributed by atoms with van der Waals surface area (Å²) in [4.78, 5) is 0. The van der Waals surface area contributed by atoms with Gasteiger partial charge in [-0.1, -0.05) is 23.7 Å². The van der Waals surface area contributed by atoms with Gasteiger partial charge in [0.1, 0.15) is 5.82 Å². The van der Waals surface area contributed by atoms with Crippen molar-refractivity contribution in [3.05, 3.63) is 69.8 Å². The van der Waals surface area contributed by atoms with E-state index >= 15 is 0 Å². The Bertz CT molecular complexity index is 660. The van der Waals surface area contributed by atoms with Crippen LogP contribution in [0.3, 0.4) is 0 Å². The molecule has 0 spiro atoms. The largest absolute Gasteiger partial charge is 0.313 e. The molecule has 2 aromatic rings. The maximum absolute atomic E-state index is 13.8. The summed E-state index contributed by atoms with van der Waals surface area (Å²) in [6.07, 6.45) is 0.206. The molecule has 0 amide bonds. The first-order valence-corrected chi connectivity index (χ1v) is 6.56. The van der Waals surface area contributed by atoms with Crippen LogP contribution in [0.25, 0.3) is 0 Å². The van der Waals surface area contributed by atoms with E-state index in [1.807, 2.05) is 0 Å². The topological polar surface area (TPSA) is 12.0 Å². The maximum atomic E-state index is 13.8. The van der Waals surface area contributed by atoms with Crippen molar-refractivity contribution in [1.82, 2.24) is 5.32 Å². The van der Waals surface area contributed by atoms with Gasteiger partial charge in [0, 0.05) is 16.6 Å². The average Bonchev–Trinajstić information content (AvgIpc) is 2.45. The highest BCUT2D eigenvalue weighted by molar-refractivity contribution is 6.31. The molecule has 0 saturated carbocycles. The molecule has 0 saturated heterocycles. The minimum absolute atomic E-state index is 0.0169. The zero-order valence-electron chi connectivity index (χ0n) is 11.1. The molecule has 2 aromatic carbocycles. The number of nitrogens with one attached hydrogen (secondary N) is 1. The van der Waals surface area contributed by atoms with E-state index in [1.54, 1.807) is 7.05 Å². The first kappa shape index (κ1) is 15.8. The SMILES string of the molecule is CNC(Cc1ccc(F)cc1Cl)c1ccc(F)c(F)c1F. The summed E-state index contributed by atoms with van der Waals surface area (Å²) < 4.78 is 53.1. The molecular formula is C15H12ClF4N. The molecule has 1 nitrogen and oxygen atoms in total. The van der Waals surface area contributed by atoms with Gasteiger partial charge >= 0.3 is 0 Å². The van der Waals surface area contributed by atoms with Crippen molar-refractivity contribution < 1.29 is 17.6 Å². The zero-order valence-corrected chi connectivity index (χ0v) is 11.8. The van der Waals surface area contributed by atoms with Crippen molar-refractivity contribution in [2.24, 2.45) is 0 Å². The first-order valence-electron chi connectivity index (χ1n) is 6.18. The predicted molar refractivity (Wildman–Crippen MR) is 73.2 cm³/mol. The van der Waals surface area contributed by atoms with E-state index in [0.717, 1.165) is 12.1 Å². The number of hydrogen-bond donors (Lipinski definition) is 1. The van der Waals surface area contributed by atoms with Crippen LogP contribution in [0.4, 0.5) is 17.6 Å². The highest BCUT2D eigenvalue weighted by Crippen LogP contribution is 2.27. The van der Waals surface area contributed by atoms with E-state index in [0.29, 0.717) is 5.56 Å². The van der Waals surface area contributed by atoms with E-state index in [4.69, 9.17) is 11.6 Å². The van der Waals surface area contributed by atoms with Crippen LogP contribution in [0.2, 0.25) is 5.02 Å². The predicted octanol–water partition coefficient (Wildman–Crippen LogP) is 4.40. The van der Waals surface area contributed by atoms with Crippen LogP contribution in [0.1, 0.15) is 17.2 Å². The highest BCUT2D eigenvalue weighted by Gasteiger charge is 2.21. The summed E-state index contributed by atoms with van der Waals surface area (Å²) in [5, 5.41) is 3.01. The lowest BCUT2D eigenvalue weighted by molar-refractivity contribution is 0.428. The van der Waals surface area contributed by atoms with Crippen LogP contribution in [0.5, 0.6) is 0 Å². The van der Waals surface area contributed by atoms with Gasteiger partial charge < -0.3 is 5.32 Å². The second-order valence-corrected chi connectivity index (χ2v) is 4.95. The molecule has 1 unspecified atom stereocenters. The van der Waals surface area contributed by atoms with E-state index in [2.05, 4.69) is 5.32 Å². The zero-order chi connectivity index (χ0) is 15.6. The van der Waals surface area contributed by atoms with Gasteiger partial charge in [-0.05, 0) is 37.2 Å². The van der Waals surface area contributed by atoms with Crippen LogP contribution in [-0.2, 0) is 6.42 Å². The summed E-state index contributed by atoms with van der Waals surface area (Å²) in [7, 11) is 1.56. The molecule has 0 aliphatic heterocycles. The second kappa shape index (κ2) is 6.45. The number of benzene rings is 2. The van der Waals surface area contributed by atoms with Gasteiger partial charge in [0.15, 0.2) is 17.5 Å². The third kappa shape index (κ3) is 3.36. The van der Waals surface area contributed by atoms with Crippen molar-refractivity contribution in [2.75, 3.05) is 7.05 Å². The second-order valence-electron chi connectivity index (χ2n) is 4.55. The van der Waals surface area contributed by atoms with Gasteiger partial charge in [-0.25, -0.2) is 17.6 Å². The monoisotopic (exact) mass is 317 g/mol. The standard InChI is InChI=1S/C15H12ClF4N/c1-21-13(6-8-2-3-9(17)7-11(8)16)10-4-5-12(18)15(20)14(10)19/h2-5,7,13,21H,6H2,1H3. The van der Waals surface area contributed by atoms with E-state index in [-0.39, 0.29) is 17.0 Å². The van der Waals surface area contributed by atoms with Crippen molar-refractivity contribution in [3.8, 4) is 0 Å². The quantitative estimate of drug-likeness (QED) is 0.651. The lowest BCUT2D eigenvalue weighted by Gasteiger charge is -2.18. The fraction of sp³-hybridized carbons (Fsp3) is 0.200. The fourth-order valence-corrected chi connectivity index (χ4v) is 2.33. The third-order valence-electron chi connectivity index (χ3n) is 3.23. The number of rotatable bonds is 4. The van der Waals surface area contributed by atoms with Crippen LogP contribution >= 0.6 is 11.6 Å². The molecule has 0 aliphatic rings. The minimum Gasteiger partial charge on any atom is -0.313 e. The van der Waals surface area contributed by atoms with Crippen LogP contribution in [-0.4, -0.2) is 7.05 Å². The van der Waals surface area contributed by atoms with Crippen LogP contribution in [0.15, 0.2) is 30.3 Å². The summed E-state index contributed by atoms with van der Waals surface area (Å²) in [6.45, 7) is 0. The maximum Gasteiger partial charge on any atom is 0.194 e. The lowest BCUT2D eigenvalue weighted by atomic mass is 9.98. The number of hydrogen-bond acceptors (Lipinski definition) is 1. The Balaban J connectivity index is 2.34. The van der Waals surface area contributed by atoms with Gasteiger partial charge in [-0.2, -0.15) is 0 Å². The van der Waals surface area contributed by atoms with E-state index in [9.17, 15) is 17.6 Å². The van der Waals surface area contributed by atoms with Gasteiger partial charge in [0.05, 0.1) is 0 Å². The van der Waals surface area contributed by atoms with Crippen molar-refractivity contribution in [3.63, 3.8) is 0 Å². The smallest absolute Gasteiger partial charge is 0.194 e. The first-order chi connectivity index (χ1) is 9.93. The minimum atomic E-state index is -1.52. The molecule has 6 heteroatoms. The van der Waals surface area contributed by atoms with Crippen molar-refractivity contribution >= 4 is 11.6 Å². The molecular weight excluding hydrogens is 306 g/mol. The van der Waals surface area contributed by atoms with Crippen LogP contribution < -0.4 is 5.32 Å². The molecule has 2 rings (SSSR count). The average molecular weight is 318 g/mol. The molecule has 0 fully saturated rings. The Hall–Kier alpha value is -1.59. The summed E-state index contributed by atoms with van der Waals surface area (Å²) in [5.74, 6) is -4.49. The Morgan fingerprint density at radius 2 is 1.76 bits per heavy atom. The molecule has 0 radical (unpaired) electrons. The Morgan fingerprint density at radius 3 is 2.38 bits per heavy atom. The van der Waals surface area contributed by atoms with Gasteiger partial charge in [-0.15, -0.1) is 0 Å². The highest BCUT2D eigenvalue weighted by atomic mass is 35.5. The van der Waals surface area contributed by atoms with Gasteiger partial charge in [0.25, 0.3) is 0 Å². The number of halogens is 5. The third-order valence-corrected chi connectivity index (χ3v) is 3.58. The molecule has 0 aliphatic carbocycles. The molecule has 1 N–H and O–H groups in total. The molecule has 0 heterocycles. The molecule has 0 bridgehead atoms. The summed E-state index contributed by atoms with van der Waals surface area (Å²) >= 11 is 5.92. The Labute approximate surface area is 124 Å². The van der Waals surface area contributed by atoms with Crippen LogP contribution in [0, 0.1) is 23.3 Å². The molecule has 0 aromatic heterocycles. The molecule has 1 atom stereocenters. The van der Waals surface area contributed by atoms with Gasteiger partial charge in [-0.3, -0.25) is 0 Å². The van der Waals surface area contributed by atoms with Crippen molar-refractivity contribution in [1.29, 1.82) is 0 Å². The van der Waals surface area contributed by atoms with Gasteiger partial charge in [0.2, 0.25) is 0 Å². The Kier molecular flexibility index (Phi) is 4.85. The number of likely N-dealkylation sites (N-methyl/N-ethyl adjacent to an activating group) is 1. The van der Waals surface area contributed by atoms with E-state index in [1.165, 1.54) is 18.2 Å². The molecule has 21 heavy (non-hydrogen) atoms. The van der Waals surface area contributed by atoms with Crippen molar-refractivity contribution in [2.45, 2.75) is 12.5 Å². The lowest BCUT2D eigenvalue weighted by Crippen LogP contribution is -2.21. The summed E-state index contributed by atoms with van der Waals surface area (Å²) in [6, 6.07) is 5.26. The normalized spacial score (nSPS) is 12.5. The summed E-state index contributed by atoms with van der Waals surface area (Å²) in [5.41, 5.74) is 0.554. The fourth-order valence-electron chi connectivity index (χ4n) is 2.08. The Morgan fingerprint density at radius 1 is 1.05 bits per heavy atom. The van der Waals surface area contributed by atoms with E-state index < -0.39 is 29.3 Å².